The highest BCUT2D eigenvalue weighted by Crippen LogP contribution is 2.15. The van der Waals surface area contributed by atoms with E-state index in [2.05, 4.69) is 0 Å². The van der Waals surface area contributed by atoms with Crippen LogP contribution in [-0.4, -0.2) is 35.2 Å². The van der Waals surface area contributed by atoms with E-state index < -0.39 is 5.97 Å². The number of rotatable bonds is 7. The molecule has 0 spiro atoms. The Kier molecular flexibility index (Phi) is 6.42. The summed E-state index contributed by atoms with van der Waals surface area (Å²) in [7, 11) is 1.74. The van der Waals surface area contributed by atoms with Crippen molar-refractivity contribution in [3.63, 3.8) is 0 Å². The highest BCUT2D eigenvalue weighted by molar-refractivity contribution is 7.98. The molecule has 1 aromatic rings. The molecule has 0 saturated carbocycles. The van der Waals surface area contributed by atoms with Gasteiger partial charge in [-0.3, -0.25) is 9.59 Å². The van der Waals surface area contributed by atoms with Crippen LogP contribution in [0.25, 0.3) is 0 Å². The fourth-order valence-corrected chi connectivity index (χ4v) is 2.08. The van der Waals surface area contributed by atoms with Crippen LogP contribution in [0.5, 0.6) is 0 Å². The van der Waals surface area contributed by atoms with Gasteiger partial charge in [0.1, 0.15) is 0 Å². The van der Waals surface area contributed by atoms with Crippen molar-refractivity contribution >= 4 is 23.6 Å². The molecule has 0 unspecified atom stereocenters. The number of hydrogen-bond donors (Lipinski definition) is 1. The van der Waals surface area contributed by atoms with Gasteiger partial charge in [0.15, 0.2) is 0 Å². The molecule has 0 aliphatic heterocycles. The molecule has 104 valence electrons. The Labute approximate surface area is 117 Å². The molecular weight excluding hydrogens is 262 g/mol. The van der Waals surface area contributed by atoms with Gasteiger partial charge in [0.25, 0.3) is 0 Å². The molecular formula is C14H19NO3S. The zero-order chi connectivity index (χ0) is 14.3. The molecule has 5 heteroatoms. The lowest BCUT2D eigenvalue weighted by Crippen LogP contribution is -2.26. The fourth-order valence-electron chi connectivity index (χ4n) is 1.67. The van der Waals surface area contributed by atoms with Gasteiger partial charge in [-0.25, -0.2) is 0 Å². The Morgan fingerprint density at radius 3 is 2.37 bits per heavy atom. The molecule has 1 N–H and O–H groups in total. The Morgan fingerprint density at radius 2 is 1.84 bits per heavy atom. The molecule has 0 fully saturated rings. The zero-order valence-corrected chi connectivity index (χ0v) is 12.1. The number of carboxylic acids is 1. The second-order valence-corrected chi connectivity index (χ2v) is 5.22. The van der Waals surface area contributed by atoms with Crippen LogP contribution in [0.2, 0.25) is 0 Å². The summed E-state index contributed by atoms with van der Waals surface area (Å²) < 4.78 is 0. The quantitative estimate of drug-likeness (QED) is 0.781. The predicted molar refractivity (Wildman–Crippen MR) is 76.2 cm³/mol. The first-order chi connectivity index (χ1) is 9.02. The van der Waals surface area contributed by atoms with Crippen LogP contribution in [-0.2, 0) is 16.1 Å². The lowest BCUT2D eigenvalue weighted by Gasteiger charge is -2.17. The maximum absolute atomic E-state index is 11.8. The molecule has 0 atom stereocenters. The van der Waals surface area contributed by atoms with Crippen molar-refractivity contribution in [1.29, 1.82) is 0 Å². The third-order valence-electron chi connectivity index (χ3n) is 2.79. The average molecular weight is 281 g/mol. The predicted octanol–water partition coefficient (Wildman–Crippen LogP) is 2.62. The standard InChI is InChI=1S/C14H19NO3S/c1-15(13(16)4-3-5-14(17)18)10-11-6-8-12(19-2)9-7-11/h6-9H,3-5,10H2,1-2H3,(H,17,18). The summed E-state index contributed by atoms with van der Waals surface area (Å²) in [5.74, 6) is -0.877. The van der Waals surface area contributed by atoms with E-state index in [0.29, 0.717) is 13.0 Å². The number of amides is 1. The zero-order valence-electron chi connectivity index (χ0n) is 11.3. The molecule has 0 aliphatic carbocycles. The first-order valence-corrected chi connectivity index (χ1v) is 7.34. The monoisotopic (exact) mass is 281 g/mol. The first kappa shape index (κ1) is 15.6. The summed E-state index contributed by atoms with van der Waals surface area (Å²) in [5.41, 5.74) is 1.08. The molecule has 0 bridgehead atoms. The van der Waals surface area contributed by atoms with E-state index in [9.17, 15) is 9.59 Å². The van der Waals surface area contributed by atoms with Gasteiger partial charge in [0.05, 0.1) is 0 Å². The third-order valence-corrected chi connectivity index (χ3v) is 3.53. The van der Waals surface area contributed by atoms with Gasteiger partial charge in [-0.2, -0.15) is 0 Å². The molecule has 4 nitrogen and oxygen atoms in total. The Balaban J connectivity index is 2.42. The van der Waals surface area contributed by atoms with Gasteiger partial charge in [0, 0.05) is 31.3 Å². The van der Waals surface area contributed by atoms with Crippen molar-refractivity contribution in [2.75, 3.05) is 13.3 Å². The number of carboxylic acid groups (broad SMARTS) is 1. The molecule has 0 saturated heterocycles. The van der Waals surface area contributed by atoms with E-state index in [1.54, 1.807) is 23.7 Å². The molecule has 19 heavy (non-hydrogen) atoms. The van der Waals surface area contributed by atoms with Crippen molar-refractivity contribution in [2.24, 2.45) is 0 Å². The summed E-state index contributed by atoms with van der Waals surface area (Å²) in [5, 5.41) is 8.52. The Morgan fingerprint density at radius 1 is 1.21 bits per heavy atom. The minimum Gasteiger partial charge on any atom is -0.481 e. The van der Waals surface area contributed by atoms with Crippen LogP contribution >= 0.6 is 11.8 Å². The minimum atomic E-state index is -0.858. The number of carbonyl (C=O) groups is 2. The van der Waals surface area contributed by atoms with Gasteiger partial charge < -0.3 is 10.0 Å². The number of benzene rings is 1. The Bertz CT molecular complexity index is 431. The Hall–Kier alpha value is -1.49. The molecule has 0 aromatic heterocycles. The van der Waals surface area contributed by atoms with E-state index in [0.717, 1.165) is 5.56 Å². The normalized spacial score (nSPS) is 10.2. The van der Waals surface area contributed by atoms with Gasteiger partial charge >= 0.3 is 5.97 Å². The van der Waals surface area contributed by atoms with Crippen molar-refractivity contribution < 1.29 is 14.7 Å². The first-order valence-electron chi connectivity index (χ1n) is 6.11. The number of aliphatic carboxylic acids is 1. The summed E-state index contributed by atoms with van der Waals surface area (Å²) in [6.07, 6.45) is 2.74. The SMILES string of the molecule is CSc1ccc(CN(C)C(=O)CCCC(=O)O)cc1. The van der Waals surface area contributed by atoms with Crippen molar-refractivity contribution in [1.82, 2.24) is 4.90 Å². The minimum absolute atomic E-state index is 0.0183. The number of hydrogen-bond acceptors (Lipinski definition) is 3. The number of nitrogens with zero attached hydrogens (tertiary/aromatic N) is 1. The molecule has 1 aromatic carbocycles. The number of carbonyl (C=O) groups excluding carboxylic acids is 1. The van der Waals surface area contributed by atoms with Crippen LogP contribution in [0.4, 0.5) is 0 Å². The average Bonchev–Trinajstić information content (AvgIpc) is 2.39. The van der Waals surface area contributed by atoms with E-state index in [1.807, 2.05) is 30.5 Å². The summed E-state index contributed by atoms with van der Waals surface area (Å²) in [6.45, 7) is 0.556. The molecule has 0 heterocycles. The maximum Gasteiger partial charge on any atom is 0.303 e. The second-order valence-electron chi connectivity index (χ2n) is 4.35. The van der Waals surface area contributed by atoms with Crippen LogP contribution in [0.1, 0.15) is 24.8 Å². The van der Waals surface area contributed by atoms with Gasteiger partial charge in [-0.1, -0.05) is 12.1 Å². The number of thioether (sulfide) groups is 1. The smallest absolute Gasteiger partial charge is 0.303 e. The van der Waals surface area contributed by atoms with Gasteiger partial charge in [-0.05, 0) is 30.4 Å². The molecule has 0 radical (unpaired) electrons. The fraction of sp³-hybridized carbons (Fsp3) is 0.429. The highest BCUT2D eigenvalue weighted by atomic mass is 32.2. The van der Waals surface area contributed by atoms with Crippen LogP contribution < -0.4 is 0 Å². The highest BCUT2D eigenvalue weighted by Gasteiger charge is 2.10. The largest absolute Gasteiger partial charge is 0.481 e. The van der Waals surface area contributed by atoms with Crippen LogP contribution in [0, 0.1) is 0 Å². The summed E-state index contributed by atoms with van der Waals surface area (Å²) in [4.78, 5) is 25.0. The van der Waals surface area contributed by atoms with Gasteiger partial charge in [-0.15, -0.1) is 11.8 Å². The second kappa shape index (κ2) is 7.84. The lowest BCUT2D eigenvalue weighted by molar-refractivity contribution is -0.137. The molecule has 0 aliphatic rings. The van der Waals surface area contributed by atoms with Crippen molar-refractivity contribution in [3.05, 3.63) is 29.8 Å². The van der Waals surface area contributed by atoms with Crippen LogP contribution in [0.15, 0.2) is 29.2 Å². The van der Waals surface area contributed by atoms with E-state index in [1.165, 1.54) is 4.90 Å². The summed E-state index contributed by atoms with van der Waals surface area (Å²) in [6, 6.07) is 8.07. The van der Waals surface area contributed by atoms with E-state index in [4.69, 9.17) is 5.11 Å². The topological polar surface area (TPSA) is 57.6 Å². The lowest BCUT2D eigenvalue weighted by atomic mass is 10.2. The molecule has 1 rings (SSSR count). The van der Waals surface area contributed by atoms with Crippen molar-refractivity contribution in [3.8, 4) is 0 Å². The van der Waals surface area contributed by atoms with Crippen LogP contribution in [0.3, 0.4) is 0 Å². The van der Waals surface area contributed by atoms with Crippen molar-refractivity contribution in [2.45, 2.75) is 30.7 Å². The molecule has 1 amide bonds. The van der Waals surface area contributed by atoms with E-state index in [-0.39, 0.29) is 18.7 Å². The van der Waals surface area contributed by atoms with E-state index >= 15 is 0 Å². The third kappa shape index (κ3) is 5.79. The van der Waals surface area contributed by atoms with Gasteiger partial charge in [0.2, 0.25) is 5.91 Å². The maximum atomic E-state index is 11.8. The summed E-state index contributed by atoms with van der Waals surface area (Å²) >= 11 is 1.68.